The van der Waals surface area contributed by atoms with Gasteiger partial charge >= 0.3 is 0 Å². The minimum Gasteiger partial charge on any atom is -0.337 e. The van der Waals surface area contributed by atoms with Crippen molar-refractivity contribution in [1.29, 1.82) is 0 Å². The number of hydrogen-bond donors (Lipinski definition) is 0. The quantitative estimate of drug-likeness (QED) is 0.706. The second kappa shape index (κ2) is 6.99. The van der Waals surface area contributed by atoms with E-state index in [9.17, 15) is 9.18 Å². The number of piperidine rings is 1. The van der Waals surface area contributed by atoms with Crippen LogP contribution in [0.5, 0.6) is 0 Å². The van der Waals surface area contributed by atoms with Gasteiger partial charge in [-0.15, -0.1) is 21.5 Å². The van der Waals surface area contributed by atoms with Crippen LogP contribution in [0, 0.1) is 5.82 Å². The number of benzene rings is 1. The second-order valence-electron chi connectivity index (χ2n) is 6.56. The molecule has 134 valence electrons. The summed E-state index contributed by atoms with van der Waals surface area (Å²) in [6.45, 7) is 1.42. The van der Waals surface area contributed by atoms with Crippen LogP contribution in [0.2, 0.25) is 0 Å². The maximum absolute atomic E-state index is 13.1. The molecular weight excluding hydrogens is 351 g/mol. The van der Waals surface area contributed by atoms with Crippen molar-refractivity contribution < 1.29 is 9.18 Å². The Morgan fingerprint density at radius 2 is 2.04 bits per heavy atom. The summed E-state index contributed by atoms with van der Waals surface area (Å²) in [5, 5.41) is 8.16. The molecule has 1 fully saturated rings. The molecule has 1 aromatic carbocycles. The Bertz CT molecular complexity index is 918. The molecule has 0 N–H and O–H groups in total. The number of hydrogen-bond acceptors (Lipinski definition) is 4. The number of carbonyl (C=O) groups is 1. The summed E-state index contributed by atoms with van der Waals surface area (Å²) < 4.78 is 15.0. The first-order valence-electron chi connectivity index (χ1n) is 8.61. The standard InChI is InChI=1S/C19H19FN4OS/c1-23-12-21-22-18(23)14-3-2-10-24(11-14)19(25)17-9-8-16(26-17)13-4-6-15(20)7-5-13/h4-9,12,14H,2-3,10-11H2,1H3/t14-/m1/s1. The molecule has 1 amide bonds. The van der Waals surface area contributed by atoms with Crippen LogP contribution in [0.1, 0.15) is 34.3 Å². The van der Waals surface area contributed by atoms with Gasteiger partial charge in [0.2, 0.25) is 0 Å². The zero-order chi connectivity index (χ0) is 18.1. The van der Waals surface area contributed by atoms with Crippen LogP contribution in [-0.2, 0) is 7.05 Å². The summed E-state index contributed by atoms with van der Waals surface area (Å²) in [5.74, 6) is 0.942. The average molecular weight is 370 g/mol. The molecule has 0 bridgehead atoms. The fourth-order valence-corrected chi connectivity index (χ4v) is 4.39. The number of thiophene rings is 1. The first-order valence-corrected chi connectivity index (χ1v) is 9.42. The fraction of sp³-hybridized carbons (Fsp3) is 0.316. The molecule has 3 heterocycles. The lowest BCUT2D eigenvalue weighted by Gasteiger charge is -2.31. The van der Waals surface area contributed by atoms with Gasteiger partial charge in [0.15, 0.2) is 0 Å². The molecule has 26 heavy (non-hydrogen) atoms. The summed E-state index contributed by atoms with van der Waals surface area (Å²) >= 11 is 1.45. The molecule has 1 aliphatic rings. The van der Waals surface area contributed by atoms with E-state index in [1.807, 2.05) is 28.6 Å². The summed E-state index contributed by atoms with van der Waals surface area (Å²) in [5.41, 5.74) is 0.922. The topological polar surface area (TPSA) is 51.0 Å². The molecule has 1 atom stereocenters. The number of aromatic nitrogens is 3. The van der Waals surface area contributed by atoms with E-state index in [1.165, 1.54) is 23.5 Å². The smallest absolute Gasteiger partial charge is 0.263 e. The number of nitrogens with zero attached hydrogens (tertiary/aromatic N) is 4. The Morgan fingerprint density at radius 1 is 1.23 bits per heavy atom. The Kier molecular flexibility index (Phi) is 4.55. The highest BCUT2D eigenvalue weighted by Gasteiger charge is 2.28. The van der Waals surface area contributed by atoms with Gasteiger partial charge in [-0.2, -0.15) is 0 Å². The highest BCUT2D eigenvalue weighted by atomic mass is 32.1. The van der Waals surface area contributed by atoms with E-state index in [0.717, 1.165) is 35.7 Å². The average Bonchev–Trinajstić information content (AvgIpc) is 3.31. The first kappa shape index (κ1) is 16.9. The lowest BCUT2D eigenvalue weighted by Crippen LogP contribution is -2.39. The van der Waals surface area contributed by atoms with Crippen molar-refractivity contribution in [2.24, 2.45) is 7.05 Å². The van der Waals surface area contributed by atoms with Crippen LogP contribution in [0.4, 0.5) is 4.39 Å². The van der Waals surface area contributed by atoms with Crippen molar-refractivity contribution in [1.82, 2.24) is 19.7 Å². The minimum atomic E-state index is -0.260. The van der Waals surface area contributed by atoms with E-state index in [1.54, 1.807) is 18.5 Å². The van der Waals surface area contributed by atoms with Gasteiger partial charge in [-0.1, -0.05) is 12.1 Å². The third-order valence-corrected chi connectivity index (χ3v) is 5.89. The molecule has 1 aliphatic heterocycles. The third-order valence-electron chi connectivity index (χ3n) is 4.77. The highest BCUT2D eigenvalue weighted by Crippen LogP contribution is 2.31. The summed E-state index contributed by atoms with van der Waals surface area (Å²) in [4.78, 5) is 16.5. The number of likely N-dealkylation sites (tertiary alicyclic amines) is 1. The van der Waals surface area contributed by atoms with E-state index in [-0.39, 0.29) is 17.6 Å². The number of amides is 1. The van der Waals surface area contributed by atoms with E-state index in [2.05, 4.69) is 10.2 Å². The zero-order valence-corrected chi connectivity index (χ0v) is 15.2. The summed E-state index contributed by atoms with van der Waals surface area (Å²) in [6.07, 6.45) is 3.67. The lowest BCUT2D eigenvalue weighted by atomic mass is 9.97. The van der Waals surface area contributed by atoms with Crippen molar-refractivity contribution in [2.45, 2.75) is 18.8 Å². The number of rotatable bonds is 3. The number of carbonyl (C=O) groups excluding carboxylic acids is 1. The predicted molar refractivity (Wildman–Crippen MR) is 98.6 cm³/mol. The monoisotopic (exact) mass is 370 g/mol. The van der Waals surface area contributed by atoms with Crippen molar-refractivity contribution in [2.75, 3.05) is 13.1 Å². The van der Waals surface area contributed by atoms with Crippen molar-refractivity contribution in [3.05, 3.63) is 59.2 Å². The Hall–Kier alpha value is -2.54. The maximum Gasteiger partial charge on any atom is 0.263 e. The molecule has 1 saturated heterocycles. The number of halogens is 1. The van der Waals surface area contributed by atoms with Crippen molar-refractivity contribution in [3.63, 3.8) is 0 Å². The van der Waals surface area contributed by atoms with Gasteiger partial charge in [-0.3, -0.25) is 4.79 Å². The molecule has 5 nitrogen and oxygen atoms in total. The summed E-state index contributed by atoms with van der Waals surface area (Å²) in [7, 11) is 1.93. The summed E-state index contributed by atoms with van der Waals surface area (Å²) in [6, 6.07) is 10.1. The van der Waals surface area contributed by atoms with Crippen LogP contribution in [0.15, 0.2) is 42.7 Å². The van der Waals surface area contributed by atoms with Gasteiger partial charge < -0.3 is 9.47 Å². The van der Waals surface area contributed by atoms with Crippen LogP contribution in [0.3, 0.4) is 0 Å². The maximum atomic E-state index is 13.1. The highest BCUT2D eigenvalue weighted by molar-refractivity contribution is 7.17. The number of aryl methyl sites for hydroxylation is 1. The van der Waals surface area contributed by atoms with Gasteiger partial charge in [-0.05, 0) is 42.7 Å². The molecule has 3 aromatic rings. The fourth-order valence-electron chi connectivity index (χ4n) is 3.41. The molecule has 0 unspecified atom stereocenters. The van der Waals surface area contributed by atoms with Gasteiger partial charge in [0.25, 0.3) is 5.91 Å². The van der Waals surface area contributed by atoms with Crippen LogP contribution < -0.4 is 0 Å². The van der Waals surface area contributed by atoms with Gasteiger partial charge in [0, 0.05) is 30.9 Å². The van der Waals surface area contributed by atoms with Crippen LogP contribution in [0.25, 0.3) is 10.4 Å². The molecule has 2 aromatic heterocycles. The van der Waals surface area contributed by atoms with E-state index in [0.29, 0.717) is 11.4 Å². The second-order valence-corrected chi connectivity index (χ2v) is 7.64. The van der Waals surface area contributed by atoms with E-state index < -0.39 is 0 Å². The molecular formula is C19H19FN4OS. The Morgan fingerprint density at radius 3 is 2.77 bits per heavy atom. The third kappa shape index (κ3) is 3.26. The zero-order valence-electron chi connectivity index (χ0n) is 14.4. The largest absolute Gasteiger partial charge is 0.337 e. The molecule has 0 spiro atoms. The van der Waals surface area contributed by atoms with E-state index in [4.69, 9.17) is 0 Å². The SMILES string of the molecule is Cn1cnnc1[C@@H]1CCCN(C(=O)c2ccc(-c3ccc(F)cc3)s2)C1. The van der Waals surface area contributed by atoms with Crippen LogP contribution >= 0.6 is 11.3 Å². The van der Waals surface area contributed by atoms with E-state index >= 15 is 0 Å². The molecule has 0 aliphatic carbocycles. The lowest BCUT2D eigenvalue weighted by molar-refractivity contribution is 0.0708. The molecule has 0 saturated carbocycles. The van der Waals surface area contributed by atoms with Crippen molar-refractivity contribution in [3.8, 4) is 10.4 Å². The molecule has 7 heteroatoms. The molecule has 0 radical (unpaired) electrons. The Balaban J connectivity index is 1.50. The van der Waals surface area contributed by atoms with Crippen LogP contribution in [-0.4, -0.2) is 38.7 Å². The Labute approximate surface area is 155 Å². The predicted octanol–water partition coefficient (Wildman–Crippen LogP) is 3.70. The van der Waals surface area contributed by atoms with Gasteiger partial charge in [-0.25, -0.2) is 4.39 Å². The minimum absolute atomic E-state index is 0.0511. The normalized spacial score (nSPS) is 17.5. The van der Waals surface area contributed by atoms with Crippen molar-refractivity contribution >= 4 is 17.2 Å². The first-order chi connectivity index (χ1) is 12.6. The molecule has 4 rings (SSSR count). The van der Waals surface area contributed by atoms with Gasteiger partial charge in [0.05, 0.1) is 4.88 Å². The van der Waals surface area contributed by atoms with Gasteiger partial charge in [0.1, 0.15) is 18.0 Å².